The highest BCUT2D eigenvalue weighted by atomic mass is 127. The topological polar surface area (TPSA) is 78.3 Å². The van der Waals surface area contributed by atoms with Gasteiger partial charge in [-0.05, 0) is 47.7 Å². The zero-order valence-corrected chi connectivity index (χ0v) is 15.6. The van der Waals surface area contributed by atoms with Crippen molar-refractivity contribution >= 4 is 49.6 Å². The SMILES string of the molecule is CCOC(=O)c1cnc2c(c1)c(I)cn2S(=O)(=O)c1ccccc1. The number of hydrogen-bond donors (Lipinski definition) is 0. The number of rotatable bonds is 4. The summed E-state index contributed by atoms with van der Waals surface area (Å²) in [6, 6.07) is 9.73. The summed E-state index contributed by atoms with van der Waals surface area (Å²) in [4.78, 5) is 16.2. The third kappa shape index (κ3) is 2.91. The Morgan fingerprint density at radius 3 is 2.67 bits per heavy atom. The van der Waals surface area contributed by atoms with Gasteiger partial charge in [-0.1, -0.05) is 18.2 Å². The van der Waals surface area contributed by atoms with E-state index in [0.717, 1.165) is 3.97 Å². The van der Waals surface area contributed by atoms with Crippen molar-refractivity contribution in [2.75, 3.05) is 6.61 Å². The van der Waals surface area contributed by atoms with Crippen molar-refractivity contribution in [3.05, 3.63) is 57.9 Å². The van der Waals surface area contributed by atoms with E-state index in [0.29, 0.717) is 8.96 Å². The molecule has 3 aromatic rings. The number of carbonyl (C=O) groups is 1. The van der Waals surface area contributed by atoms with E-state index in [1.165, 1.54) is 24.5 Å². The standard InChI is InChI=1S/C16H13IN2O4S/c1-2-23-16(20)11-8-13-14(17)10-19(15(13)18-9-11)24(21,22)12-6-4-3-5-7-12/h3-10H,2H2,1H3. The Bertz CT molecular complexity index is 1010. The van der Waals surface area contributed by atoms with Crippen LogP contribution < -0.4 is 0 Å². The molecule has 1 aromatic carbocycles. The molecule has 0 saturated heterocycles. The zero-order valence-electron chi connectivity index (χ0n) is 12.6. The fraction of sp³-hybridized carbons (Fsp3) is 0.125. The highest BCUT2D eigenvalue weighted by Crippen LogP contribution is 2.26. The fourth-order valence-electron chi connectivity index (χ4n) is 2.26. The molecule has 8 heteroatoms. The summed E-state index contributed by atoms with van der Waals surface area (Å²) in [6.07, 6.45) is 2.82. The molecule has 24 heavy (non-hydrogen) atoms. The van der Waals surface area contributed by atoms with Crippen LogP contribution in [0.3, 0.4) is 0 Å². The number of fused-ring (bicyclic) bond motifs is 1. The van der Waals surface area contributed by atoms with E-state index in [1.807, 2.05) is 22.6 Å². The van der Waals surface area contributed by atoms with Gasteiger partial charge in [0.2, 0.25) is 0 Å². The van der Waals surface area contributed by atoms with Gasteiger partial charge in [0.05, 0.1) is 17.1 Å². The number of carbonyl (C=O) groups excluding carboxylic acids is 1. The lowest BCUT2D eigenvalue weighted by atomic mass is 10.2. The molecule has 0 N–H and O–H groups in total. The Morgan fingerprint density at radius 2 is 2.00 bits per heavy atom. The van der Waals surface area contributed by atoms with Crippen LogP contribution in [0.1, 0.15) is 17.3 Å². The molecule has 0 fully saturated rings. The van der Waals surface area contributed by atoms with Gasteiger partial charge < -0.3 is 4.74 Å². The first kappa shape index (κ1) is 16.9. The molecule has 0 aliphatic rings. The largest absolute Gasteiger partial charge is 0.462 e. The summed E-state index contributed by atoms with van der Waals surface area (Å²) in [7, 11) is -3.75. The summed E-state index contributed by atoms with van der Waals surface area (Å²) >= 11 is 2.02. The second-order valence-electron chi connectivity index (χ2n) is 4.91. The van der Waals surface area contributed by atoms with Crippen LogP contribution in [0.5, 0.6) is 0 Å². The summed E-state index contributed by atoms with van der Waals surface area (Å²) < 4.78 is 32.4. The predicted octanol–water partition coefficient (Wildman–Crippen LogP) is 3.05. The minimum Gasteiger partial charge on any atom is -0.462 e. The number of nitrogens with zero attached hydrogens (tertiary/aromatic N) is 2. The second kappa shape index (κ2) is 6.52. The summed E-state index contributed by atoms with van der Waals surface area (Å²) in [5.41, 5.74) is 0.563. The molecule has 0 radical (unpaired) electrons. The Labute approximate surface area is 152 Å². The zero-order chi connectivity index (χ0) is 17.3. The van der Waals surface area contributed by atoms with Gasteiger partial charge in [-0.25, -0.2) is 22.2 Å². The molecule has 0 atom stereocenters. The first-order chi connectivity index (χ1) is 11.4. The van der Waals surface area contributed by atoms with Crippen molar-refractivity contribution < 1.29 is 17.9 Å². The lowest BCUT2D eigenvalue weighted by Gasteiger charge is -2.07. The van der Waals surface area contributed by atoms with Crippen LogP contribution in [-0.2, 0) is 14.8 Å². The number of pyridine rings is 1. The Balaban J connectivity index is 2.16. The van der Waals surface area contributed by atoms with Crippen LogP contribution in [0.2, 0.25) is 0 Å². The predicted molar refractivity (Wildman–Crippen MR) is 97.4 cm³/mol. The van der Waals surface area contributed by atoms with E-state index in [-0.39, 0.29) is 22.7 Å². The minimum absolute atomic E-state index is 0.176. The van der Waals surface area contributed by atoms with Gasteiger partial charge in [0, 0.05) is 21.4 Å². The number of hydrogen-bond acceptors (Lipinski definition) is 5. The van der Waals surface area contributed by atoms with Crippen LogP contribution in [0.25, 0.3) is 11.0 Å². The van der Waals surface area contributed by atoms with Crippen molar-refractivity contribution in [1.82, 2.24) is 8.96 Å². The molecule has 0 unspecified atom stereocenters. The Kier molecular flexibility index (Phi) is 4.59. The lowest BCUT2D eigenvalue weighted by Crippen LogP contribution is -2.12. The molecule has 0 aliphatic heterocycles. The summed E-state index contributed by atoms with van der Waals surface area (Å²) in [5.74, 6) is -0.485. The van der Waals surface area contributed by atoms with Gasteiger partial charge in [-0.15, -0.1) is 0 Å². The van der Waals surface area contributed by atoms with Crippen LogP contribution in [0.15, 0.2) is 53.7 Å². The van der Waals surface area contributed by atoms with Crippen LogP contribution in [0.4, 0.5) is 0 Å². The van der Waals surface area contributed by atoms with Crippen LogP contribution in [0, 0.1) is 3.57 Å². The molecule has 0 saturated carbocycles. The third-order valence-corrected chi connectivity index (χ3v) is 5.90. The maximum atomic E-state index is 12.8. The molecule has 2 aromatic heterocycles. The molecule has 124 valence electrons. The van der Waals surface area contributed by atoms with Gasteiger partial charge in [0.1, 0.15) is 0 Å². The van der Waals surface area contributed by atoms with Crippen molar-refractivity contribution in [2.24, 2.45) is 0 Å². The van der Waals surface area contributed by atoms with Gasteiger partial charge in [-0.3, -0.25) is 0 Å². The van der Waals surface area contributed by atoms with E-state index < -0.39 is 16.0 Å². The highest BCUT2D eigenvalue weighted by molar-refractivity contribution is 14.1. The van der Waals surface area contributed by atoms with E-state index >= 15 is 0 Å². The number of aromatic nitrogens is 2. The molecular weight excluding hydrogens is 443 g/mol. The molecule has 0 amide bonds. The van der Waals surface area contributed by atoms with Crippen molar-refractivity contribution in [3.63, 3.8) is 0 Å². The number of esters is 1. The van der Waals surface area contributed by atoms with Gasteiger partial charge >= 0.3 is 5.97 Å². The van der Waals surface area contributed by atoms with Crippen LogP contribution >= 0.6 is 22.6 Å². The average molecular weight is 456 g/mol. The normalized spacial score (nSPS) is 11.6. The monoisotopic (exact) mass is 456 g/mol. The second-order valence-corrected chi connectivity index (χ2v) is 7.88. The van der Waals surface area contributed by atoms with Crippen molar-refractivity contribution in [1.29, 1.82) is 0 Å². The fourth-order valence-corrected chi connectivity index (χ4v) is 4.47. The molecule has 0 bridgehead atoms. The van der Waals surface area contributed by atoms with E-state index in [2.05, 4.69) is 4.98 Å². The molecule has 6 nitrogen and oxygen atoms in total. The number of benzene rings is 1. The quantitative estimate of drug-likeness (QED) is 0.446. The Morgan fingerprint density at radius 1 is 1.29 bits per heavy atom. The van der Waals surface area contributed by atoms with Gasteiger partial charge in [0.15, 0.2) is 5.65 Å². The molecular formula is C16H13IN2O4S. The molecule has 0 spiro atoms. The van der Waals surface area contributed by atoms with E-state index in [4.69, 9.17) is 4.74 Å². The molecule has 3 rings (SSSR count). The van der Waals surface area contributed by atoms with E-state index in [1.54, 1.807) is 31.2 Å². The highest BCUT2D eigenvalue weighted by Gasteiger charge is 2.22. The smallest absolute Gasteiger partial charge is 0.339 e. The number of halogens is 1. The van der Waals surface area contributed by atoms with Gasteiger partial charge in [0.25, 0.3) is 10.0 Å². The first-order valence-electron chi connectivity index (χ1n) is 7.09. The first-order valence-corrected chi connectivity index (χ1v) is 9.61. The van der Waals surface area contributed by atoms with Crippen molar-refractivity contribution in [2.45, 2.75) is 11.8 Å². The van der Waals surface area contributed by atoms with Crippen molar-refractivity contribution in [3.8, 4) is 0 Å². The average Bonchev–Trinajstić information content (AvgIpc) is 2.93. The maximum Gasteiger partial charge on any atom is 0.339 e. The van der Waals surface area contributed by atoms with Crippen LogP contribution in [-0.4, -0.2) is 30.0 Å². The minimum atomic E-state index is -3.75. The summed E-state index contributed by atoms with van der Waals surface area (Å²) in [5, 5.41) is 0.584. The van der Waals surface area contributed by atoms with E-state index in [9.17, 15) is 13.2 Å². The van der Waals surface area contributed by atoms with Gasteiger partial charge in [-0.2, -0.15) is 0 Å². The Hall–Kier alpha value is -1.94. The maximum absolute atomic E-state index is 12.8. The molecule has 0 aliphatic carbocycles. The summed E-state index contributed by atoms with van der Waals surface area (Å²) in [6.45, 7) is 1.98. The lowest BCUT2D eigenvalue weighted by molar-refractivity contribution is 0.0526. The molecule has 2 heterocycles. The third-order valence-electron chi connectivity index (χ3n) is 3.37. The number of ether oxygens (including phenoxy) is 1.